The molecule has 4 aromatic carbocycles. The summed E-state index contributed by atoms with van der Waals surface area (Å²) in [6.07, 6.45) is 34.5. The van der Waals surface area contributed by atoms with Crippen molar-refractivity contribution in [2.24, 2.45) is 0 Å². The van der Waals surface area contributed by atoms with Crippen LogP contribution in [0, 0.1) is 0 Å². The third-order valence-corrected chi connectivity index (χ3v) is 12.7. The Morgan fingerprint density at radius 2 is 0.855 bits per heavy atom. The summed E-state index contributed by atoms with van der Waals surface area (Å²) in [5.74, 6) is -3.36. The summed E-state index contributed by atoms with van der Waals surface area (Å²) in [4.78, 5) is 28.1. The number of likely N-dealkylation sites (tertiary alicyclic amines) is 2. The molecule has 0 radical (unpaired) electrons. The summed E-state index contributed by atoms with van der Waals surface area (Å²) in [5, 5.41) is 42.8. The Balaban J connectivity index is 0.000000361. The lowest BCUT2D eigenvalue weighted by Gasteiger charge is -2.24. The summed E-state index contributed by atoms with van der Waals surface area (Å²) in [5.41, 5.74) is 2.84. The van der Waals surface area contributed by atoms with Gasteiger partial charge < -0.3 is 52.1 Å². The molecule has 0 amide bonds. The summed E-state index contributed by atoms with van der Waals surface area (Å²) in [6, 6.07) is 16.8. The number of aromatic hydroxyl groups is 2. The average Bonchev–Trinajstić information content (AvgIpc) is 3.32. The minimum absolute atomic E-state index is 0. The van der Waals surface area contributed by atoms with Gasteiger partial charge >= 0.3 is 11.9 Å². The fraction of sp³-hybridized carbons (Fsp3) is 0.418. The summed E-state index contributed by atoms with van der Waals surface area (Å²) >= 11 is 0. The number of rotatable bonds is 10. The normalized spacial score (nSPS) is 16.4. The van der Waals surface area contributed by atoms with E-state index in [2.05, 4.69) is 81.9 Å². The molecule has 0 aromatic heterocycles. The number of hydrogen-bond donors (Lipinski definition) is 4. The molecule has 14 heteroatoms. The molecule has 4 heterocycles. The number of phenols is 2. The first-order valence-corrected chi connectivity index (χ1v) is 23.9. The maximum atomic E-state index is 11.6. The molecule has 0 saturated carbocycles. The van der Waals surface area contributed by atoms with Gasteiger partial charge in [0.1, 0.15) is 48.8 Å². The molecule has 0 aliphatic carbocycles. The molecule has 376 valence electrons. The van der Waals surface area contributed by atoms with Crippen molar-refractivity contribution in [3.8, 4) is 11.5 Å². The van der Waals surface area contributed by atoms with Crippen LogP contribution in [0.15, 0.2) is 109 Å². The molecule has 14 nitrogen and oxygen atoms in total. The Labute approximate surface area is 407 Å². The number of carboxylic acid groups (broad SMARTS) is 2. The van der Waals surface area contributed by atoms with Crippen LogP contribution < -0.4 is 0 Å². The largest absolute Gasteiger partial charge is 0.507 e. The van der Waals surface area contributed by atoms with E-state index in [0.717, 1.165) is 0 Å². The second-order valence-corrected chi connectivity index (χ2v) is 17.9. The fourth-order valence-electron chi connectivity index (χ4n) is 9.21. The van der Waals surface area contributed by atoms with E-state index in [4.69, 9.17) is 0 Å². The number of carboxylic acids is 2. The van der Waals surface area contributed by atoms with Crippen LogP contribution in [0.5, 0.6) is 11.5 Å². The first-order valence-electron chi connectivity index (χ1n) is 23.9. The molecule has 4 aliphatic rings. The number of hydrogen-bond acceptors (Lipinski definition) is 6. The van der Waals surface area contributed by atoms with Crippen LogP contribution >= 0.6 is 0 Å². The van der Waals surface area contributed by atoms with Crippen molar-refractivity contribution in [3.05, 3.63) is 131 Å². The maximum absolute atomic E-state index is 11.6. The van der Waals surface area contributed by atoms with Crippen molar-refractivity contribution < 1.29 is 61.1 Å². The first-order chi connectivity index (χ1) is 31.6. The van der Waals surface area contributed by atoms with E-state index >= 15 is 0 Å². The Bertz CT molecular complexity index is 2280. The lowest BCUT2D eigenvalue weighted by molar-refractivity contribution is -0.532. The Morgan fingerprint density at radius 3 is 1.20 bits per heavy atom. The molecular formula is C55H78N4O10+2. The van der Waals surface area contributed by atoms with Crippen molar-refractivity contribution in [2.75, 3.05) is 52.4 Å². The highest BCUT2D eigenvalue weighted by Crippen LogP contribution is 2.39. The van der Waals surface area contributed by atoms with Crippen LogP contribution in [0.3, 0.4) is 0 Å². The first kappa shape index (κ1) is 58.8. The third-order valence-electron chi connectivity index (χ3n) is 12.7. The third kappa shape index (κ3) is 17.6. The van der Waals surface area contributed by atoms with Gasteiger partial charge in [-0.05, 0) is 123 Å². The fourth-order valence-corrected chi connectivity index (χ4v) is 9.21. The Hall–Kier alpha value is -6.32. The number of aromatic carboxylic acids is 2. The summed E-state index contributed by atoms with van der Waals surface area (Å²) in [6.45, 7) is 14.3. The van der Waals surface area contributed by atoms with Crippen LogP contribution in [0.4, 0.5) is 0 Å². The molecule has 0 bridgehead atoms. The van der Waals surface area contributed by atoms with E-state index in [-0.39, 0.29) is 39.5 Å². The quantitative estimate of drug-likeness (QED) is 0.0913. The Morgan fingerprint density at radius 1 is 0.522 bits per heavy atom. The number of carbonyl (C=O) groups is 2. The van der Waals surface area contributed by atoms with Crippen LogP contribution in [0.1, 0.15) is 123 Å². The van der Waals surface area contributed by atoms with Crippen LogP contribution in [-0.4, -0.2) is 138 Å². The minimum atomic E-state index is -1.28. The van der Waals surface area contributed by atoms with Gasteiger partial charge in [-0.15, -0.1) is 0 Å². The zero-order chi connectivity index (χ0) is 46.0. The molecule has 69 heavy (non-hydrogen) atoms. The van der Waals surface area contributed by atoms with E-state index in [9.17, 15) is 30.0 Å². The molecule has 0 unspecified atom stereocenters. The average molecular weight is 955 g/mol. The highest BCUT2D eigenvalue weighted by Gasteiger charge is 2.23. The second-order valence-electron chi connectivity index (χ2n) is 17.9. The lowest BCUT2D eigenvalue weighted by atomic mass is 9.90. The number of fused-ring (bicyclic) bond motifs is 2. The van der Waals surface area contributed by atoms with Gasteiger partial charge in [0, 0.05) is 80.6 Å². The van der Waals surface area contributed by atoms with Gasteiger partial charge in [-0.3, -0.25) is 0 Å². The van der Waals surface area contributed by atoms with Gasteiger partial charge in [0.05, 0.1) is 0 Å². The van der Waals surface area contributed by atoms with Gasteiger partial charge in [0.15, 0.2) is 12.4 Å². The number of allylic oxidation sites excluding steroid dienone is 6. The van der Waals surface area contributed by atoms with Crippen molar-refractivity contribution in [3.63, 3.8) is 0 Å². The van der Waals surface area contributed by atoms with Crippen LogP contribution in [-0.2, 0) is 6.42 Å². The summed E-state index contributed by atoms with van der Waals surface area (Å²) in [7, 11) is 0. The molecule has 4 aliphatic heterocycles. The Kier molecular flexibility index (Phi) is 25.8. The molecule has 4 fully saturated rings. The van der Waals surface area contributed by atoms with Gasteiger partial charge in [-0.25, -0.2) is 18.7 Å². The predicted molar refractivity (Wildman–Crippen MR) is 279 cm³/mol. The van der Waals surface area contributed by atoms with Crippen molar-refractivity contribution >= 4 is 45.9 Å². The predicted octanol–water partition coefficient (Wildman–Crippen LogP) is 7.49. The number of piperidine rings is 4. The van der Waals surface area contributed by atoms with E-state index in [1.165, 1.54) is 153 Å². The van der Waals surface area contributed by atoms with E-state index in [1.54, 1.807) is 48.5 Å². The van der Waals surface area contributed by atoms with Crippen LogP contribution in [0.2, 0.25) is 0 Å². The van der Waals surface area contributed by atoms with E-state index in [1.807, 2.05) is 0 Å². The van der Waals surface area contributed by atoms with Crippen molar-refractivity contribution in [2.45, 2.75) is 97.3 Å². The van der Waals surface area contributed by atoms with Gasteiger partial charge in [-0.1, -0.05) is 60.7 Å². The van der Waals surface area contributed by atoms with Gasteiger partial charge in [0.2, 0.25) is 0 Å². The molecule has 12 N–H and O–H groups in total. The van der Waals surface area contributed by atoms with E-state index < -0.39 is 23.4 Å². The minimum Gasteiger partial charge on any atom is -0.507 e. The van der Waals surface area contributed by atoms with Gasteiger partial charge in [0.25, 0.3) is 0 Å². The zero-order valence-corrected chi connectivity index (χ0v) is 40.6. The number of nitrogens with zero attached hydrogens (tertiary/aromatic N) is 4. The molecule has 4 aromatic rings. The van der Waals surface area contributed by atoms with Gasteiger partial charge in [-0.2, -0.15) is 0 Å². The zero-order valence-electron chi connectivity index (χ0n) is 40.6. The maximum Gasteiger partial charge on any atom is 0.339 e. The van der Waals surface area contributed by atoms with E-state index in [0.29, 0.717) is 32.7 Å². The van der Waals surface area contributed by atoms with Crippen LogP contribution in [0.25, 0.3) is 21.5 Å². The second kappa shape index (κ2) is 30.2. The standard InChI is InChI=1S/C23H16O6.2C16H27N2.4H2O/c24-20-16(14-7-3-1-5-12(14)9-18(20)22(26)27)11-17-15-8-4-2-6-13(15)10-19(21(17)25)23(28)29;2*1-16(15-18-12-6-3-7-13-18)9-8-14-17-10-4-2-5-11-17;;;;/h1-10,24-25H,11H2,(H,26,27)(H,28,29);2*8-9,14-15H,2-7,10-13H2,1H3;4*1H2/q;2*+1;;;;. The highest BCUT2D eigenvalue weighted by atomic mass is 16.4. The topological polar surface area (TPSA) is 254 Å². The van der Waals surface area contributed by atoms with Crippen molar-refractivity contribution in [1.29, 1.82) is 0 Å². The van der Waals surface area contributed by atoms with Crippen molar-refractivity contribution in [1.82, 2.24) is 9.80 Å². The monoisotopic (exact) mass is 955 g/mol. The molecule has 0 spiro atoms. The molecule has 4 saturated heterocycles. The molecular weight excluding hydrogens is 877 g/mol. The lowest BCUT2D eigenvalue weighted by Crippen LogP contribution is -2.24. The smallest absolute Gasteiger partial charge is 0.339 e. The SMILES string of the molecule is C/C(C=[N+]1CCCCC1)=C\C=C\N1CCCCC1.C/C(C=[N+]1CCCCC1)=C\C=C\N1CCCCC1.O.O.O.O.O=C(O)c1cc2ccccc2c(Cc2c(O)c(C(=O)O)cc3ccccc23)c1O. The molecule has 0 atom stereocenters. The highest BCUT2D eigenvalue weighted by molar-refractivity contribution is 6.02. The summed E-state index contributed by atoms with van der Waals surface area (Å²) < 4.78 is 4.92. The number of benzene rings is 4. The molecule has 8 rings (SSSR count).